The van der Waals surface area contributed by atoms with Gasteiger partial charge in [0.15, 0.2) is 0 Å². The summed E-state index contributed by atoms with van der Waals surface area (Å²) in [6.45, 7) is 6.54. The molecule has 0 bridgehead atoms. The average molecular weight is 625 g/mol. The van der Waals surface area contributed by atoms with E-state index in [1.807, 2.05) is 0 Å². The van der Waals surface area contributed by atoms with Gasteiger partial charge in [-0.05, 0) is 61.1 Å². The number of hydrogen-bond donors (Lipinski definition) is 0. The van der Waals surface area contributed by atoms with Crippen LogP contribution in [0.15, 0.2) is 60.2 Å². The fourth-order valence-electron chi connectivity index (χ4n) is 3.74. The molecule has 2 aromatic carbocycles. The van der Waals surface area contributed by atoms with E-state index in [2.05, 4.69) is 102 Å². The normalized spacial score (nSPS) is 13.4. The van der Waals surface area contributed by atoms with Crippen molar-refractivity contribution in [1.29, 1.82) is 0 Å². The molecule has 0 saturated carbocycles. The Balaban J connectivity index is 0.00000101. The summed E-state index contributed by atoms with van der Waals surface area (Å²) in [5, 5.41) is 0. The first-order valence-corrected chi connectivity index (χ1v) is 17.6. The summed E-state index contributed by atoms with van der Waals surface area (Å²) in [6, 6.07) is 17.1. The molecule has 164 valence electrons. The Hall–Kier alpha value is -0.858. The molecule has 1 aliphatic heterocycles. The Morgan fingerprint density at radius 3 is 2.13 bits per heavy atom. The van der Waals surface area contributed by atoms with Gasteiger partial charge < -0.3 is 5.53 Å². The van der Waals surface area contributed by atoms with Crippen molar-refractivity contribution < 1.29 is 18.6 Å². The van der Waals surface area contributed by atoms with Crippen LogP contribution in [-0.2, 0) is 26.8 Å². The van der Waals surface area contributed by atoms with Crippen LogP contribution < -0.4 is 0 Å². The Morgan fingerprint density at radius 2 is 1.50 bits per heavy atom. The number of rotatable bonds is 8. The van der Waals surface area contributed by atoms with Gasteiger partial charge in [0.05, 0.1) is 0 Å². The maximum atomic E-state index is 11.0. The third-order valence-electron chi connectivity index (χ3n) is 5.34. The van der Waals surface area contributed by atoms with E-state index in [1.54, 1.807) is 0 Å². The standard InChI is InChI=1S/C25H30N2.2BrH.Pd/c1-4-7-8-11-20-13-10-15-23(17-20)25-21(6-3)18-24(27(25)26)22-14-9-12-19(5-2)16-22;;;/h9-10,12-18H,4-8,11H2,1-3H3;2*1H;/q;;;+2/p-2. The Bertz CT molecular complexity index is 919. The number of benzene rings is 2. The molecule has 1 heterocycles. The molecule has 0 fully saturated rings. The van der Waals surface area contributed by atoms with Crippen LogP contribution in [0, 0.1) is 0 Å². The summed E-state index contributed by atoms with van der Waals surface area (Å²) in [6.07, 6.45) is 8.83. The second-order valence-electron chi connectivity index (χ2n) is 7.33. The molecule has 0 radical (unpaired) electrons. The van der Waals surface area contributed by atoms with Crippen molar-refractivity contribution >= 4 is 38.3 Å². The predicted octanol–water partition coefficient (Wildman–Crippen LogP) is 8.88. The van der Waals surface area contributed by atoms with Crippen LogP contribution >= 0.6 is 26.9 Å². The molecule has 0 aliphatic carbocycles. The van der Waals surface area contributed by atoms with Crippen molar-refractivity contribution in [3.05, 3.63) is 88.0 Å². The van der Waals surface area contributed by atoms with E-state index >= 15 is 0 Å². The second-order valence-corrected chi connectivity index (χ2v) is 14.5. The van der Waals surface area contributed by atoms with Crippen LogP contribution in [0.25, 0.3) is 16.9 Å². The Morgan fingerprint density at radius 1 is 0.867 bits per heavy atom. The van der Waals surface area contributed by atoms with E-state index in [9.17, 15) is 5.53 Å². The van der Waals surface area contributed by atoms with Gasteiger partial charge in [-0.3, -0.25) is 0 Å². The number of hydrogen-bond acceptors (Lipinski definition) is 0. The third kappa shape index (κ3) is 6.82. The van der Waals surface area contributed by atoms with Crippen molar-refractivity contribution in [3.8, 4) is 0 Å². The van der Waals surface area contributed by atoms with Crippen molar-refractivity contribution in [2.75, 3.05) is 0 Å². The number of allylic oxidation sites excluding steroid dienone is 2. The molecular formula is C25H30Br2N2Pd. The van der Waals surface area contributed by atoms with Crippen LogP contribution in [0.4, 0.5) is 0 Å². The summed E-state index contributed by atoms with van der Waals surface area (Å²) >= 11 is 6.80. The summed E-state index contributed by atoms with van der Waals surface area (Å²) in [4.78, 5) is 0. The van der Waals surface area contributed by atoms with Gasteiger partial charge in [-0.25, -0.2) is 4.70 Å². The van der Waals surface area contributed by atoms with Crippen molar-refractivity contribution in [1.82, 2.24) is 0 Å². The zero-order valence-corrected chi connectivity index (χ0v) is 22.6. The SMILES string of the molecule is CCCCCc1cccc(C2=C(CC)C=C(c3cccc(CC)c3)[N+]2=[N-])c1.[Br][Pd][Br]. The van der Waals surface area contributed by atoms with E-state index < -0.39 is 0 Å². The van der Waals surface area contributed by atoms with Gasteiger partial charge in [-0.1, -0.05) is 57.9 Å². The van der Waals surface area contributed by atoms with E-state index in [0.29, 0.717) is 13.9 Å². The van der Waals surface area contributed by atoms with Crippen LogP contribution in [-0.4, -0.2) is 4.70 Å². The van der Waals surface area contributed by atoms with Crippen LogP contribution in [0.2, 0.25) is 0 Å². The molecule has 0 aromatic heterocycles. The van der Waals surface area contributed by atoms with E-state index in [0.717, 1.165) is 41.8 Å². The van der Waals surface area contributed by atoms with Crippen LogP contribution in [0.3, 0.4) is 0 Å². The Labute approximate surface area is 203 Å². The number of unbranched alkanes of at least 4 members (excludes halogenated alkanes) is 2. The quantitative estimate of drug-likeness (QED) is 0.159. The molecule has 0 N–H and O–H groups in total. The summed E-state index contributed by atoms with van der Waals surface area (Å²) in [5.74, 6) is 0. The maximum absolute atomic E-state index is 11.0. The molecule has 0 atom stereocenters. The van der Waals surface area contributed by atoms with Gasteiger partial charge in [0.25, 0.3) is 0 Å². The molecule has 3 rings (SSSR count). The Kier molecular flexibility index (Phi) is 11.5. The first-order chi connectivity index (χ1) is 14.6. The molecule has 0 unspecified atom stereocenters. The molecule has 2 aromatic rings. The molecule has 5 heteroatoms. The molecule has 0 saturated heterocycles. The molecule has 30 heavy (non-hydrogen) atoms. The van der Waals surface area contributed by atoms with Crippen LogP contribution in [0.1, 0.15) is 68.7 Å². The number of halogens is 2. The van der Waals surface area contributed by atoms with Gasteiger partial charge in [-0.15, -0.1) is 0 Å². The molecule has 0 spiro atoms. The molecule has 0 amide bonds. The van der Waals surface area contributed by atoms with Crippen molar-refractivity contribution in [3.63, 3.8) is 0 Å². The molecular weight excluding hydrogens is 595 g/mol. The minimum atomic E-state index is 0.575. The number of nitrogens with zero attached hydrogens (tertiary/aromatic N) is 2. The van der Waals surface area contributed by atoms with Gasteiger partial charge in [-0.2, -0.15) is 0 Å². The van der Waals surface area contributed by atoms with Crippen molar-refractivity contribution in [2.45, 2.75) is 59.3 Å². The van der Waals surface area contributed by atoms with Crippen LogP contribution in [0.5, 0.6) is 0 Å². The van der Waals surface area contributed by atoms with E-state index in [1.165, 1.54) is 40.7 Å². The third-order valence-corrected chi connectivity index (χ3v) is 5.34. The zero-order valence-electron chi connectivity index (χ0n) is 17.9. The second kappa shape index (κ2) is 13.5. The molecule has 1 aliphatic rings. The van der Waals surface area contributed by atoms with Gasteiger partial charge in [0.2, 0.25) is 11.4 Å². The summed E-state index contributed by atoms with van der Waals surface area (Å²) in [7, 11) is 0. The number of aryl methyl sites for hydroxylation is 2. The van der Waals surface area contributed by atoms with Gasteiger partial charge >= 0.3 is 40.8 Å². The van der Waals surface area contributed by atoms with Gasteiger partial charge in [0.1, 0.15) is 0 Å². The first-order valence-electron chi connectivity index (χ1n) is 10.5. The minimum absolute atomic E-state index is 0.575. The summed E-state index contributed by atoms with van der Waals surface area (Å²) in [5.41, 5.74) is 18.8. The summed E-state index contributed by atoms with van der Waals surface area (Å²) < 4.78 is 1.39. The zero-order chi connectivity index (χ0) is 21.9. The fraction of sp³-hybridized carbons (Fsp3) is 0.360. The van der Waals surface area contributed by atoms with Gasteiger partial charge in [0, 0.05) is 22.8 Å². The van der Waals surface area contributed by atoms with E-state index in [4.69, 9.17) is 0 Å². The first kappa shape index (κ1) is 25.4. The monoisotopic (exact) mass is 622 g/mol. The molecule has 2 nitrogen and oxygen atoms in total. The average Bonchev–Trinajstić information content (AvgIpc) is 3.11. The topological polar surface area (TPSA) is 25.3 Å². The van der Waals surface area contributed by atoms with Crippen molar-refractivity contribution in [2.24, 2.45) is 0 Å². The van der Waals surface area contributed by atoms with E-state index in [-0.39, 0.29) is 0 Å². The fourth-order valence-corrected chi connectivity index (χ4v) is 3.74. The predicted molar refractivity (Wildman–Crippen MR) is 132 cm³/mol.